The van der Waals surface area contributed by atoms with E-state index in [4.69, 9.17) is 34.4 Å². The summed E-state index contributed by atoms with van der Waals surface area (Å²) in [7, 11) is 0. The number of benzene rings is 1. The summed E-state index contributed by atoms with van der Waals surface area (Å²) in [5.74, 6) is 2.15. The molecular formula is C16H15Cl2FN2O. The fourth-order valence-electron chi connectivity index (χ4n) is 2.13. The molecule has 0 radical (unpaired) electrons. The van der Waals surface area contributed by atoms with Crippen LogP contribution < -0.4 is 4.74 Å². The second-order valence-electron chi connectivity index (χ2n) is 4.55. The predicted molar refractivity (Wildman–Crippen MR) is 86.6 cm³/mol. The minimum Gasteiger partial charge on any atom is -0.479 e. The topological polar surface area (TPSA) is 27.1 Å². The molecular weight excluding hydrogens is 326 g/mol. The number of hydrogen-bond acceptors (Lipinski definition) is 2. The van der Waals surface area contributed by atoms with Crippen molar-refractivity contribution >= 4 is 23.2 Å². The Bertz CT molecular complexity index is 735. The molecule has 0 amide bonds. The van der Waals surface area contributed by atoms with Crippen LogP contribution in [0.4, 0.5) is 4.39 Å². The van der Waals surface area contributed by atoms with Crippen LogP contribution in [0, 0.1) is 18.2 Å². The summed E-state index contributed by atoms with van der Waals surface area (Å²) in [6.07, 6.45) is 6.45. The summed E-state index contributed by atoms with van der Waals surface area (Å²) >= 11 is 12.3. The maximum Gasteiger partial charge on any atom is 0.150 e. The van der Waals surface area contributed by atoms with Crippen molar-refractivity contribution in [3.05, 3.63) is 39.4 Å². The van der Waals surface area contributed by atoms with Gasteiger partial charge in [-0.25, -0.2) is 9.07 Å². The third-order valence-electron chi connectivity index (χ3n) is 3.19. The number of aryl methyl sites for hydroxylation is 1. The van der Waals surface area contributed by atoms with Crippen molar-refractivity contribution in [2.75, 3.05) is 6.61 Å². The first kappa shape index (κ1) is 16.7. The maximum absolute atomic E-state index is 14.3. The van der Waals surface area contributed by atoms with Crippen LogP contribution in [-0.2, 0) is 12.8 Å². The Balaban J connectivity index is 2.59. The third-order valence-corrected chi connectivity index (χ3v) is 3.93. The van der Waals surface area contributed by atoms with Crippen molar-refractivity contribution < 1.29 is 9.13 Å². The third kappa shape index (κ3) is 3.06. The zero-order chi connectivity index (χ0) is 16.3. The highest BCUT2D eigenvalue weighted by Crippen LogP contribution is 2.32. The SMILES string of the molecule is C#CCOc1cc(-n2nc(CC)c(Cl)c2CC)c(F)cc1Cl. The fourth-order valence-corrected chi connectivity index (χ4v) is 2.72. The van der Waals surface area contributed by atoms with Gasteiger partial charge in [0, 0.05) is 6.07 Å². The number of hydrogen-bond donors (Lipinski definition) is 0. The van der Waals surface area contributed by atoms with Crippen LogP contribution in [0.25, 0.3) is 5.69 Å². The average molecular weight is 341 g/mol. The lowest BCUT2D eigenvalue weighted by Gasteiger charge is -2.11. The van der Waals surface area contributed by atoms with Crippen LogP contribution in [0.5, 0.6) is 5.75 Å². The van der Waals surface area contributed by atoms with Crippen molar-refractivity contribution in [3.63, 3.8) is 0 Å². The van der Waals surface area contributed by atoms with Gasteiger partial charge in [-0.15, -0.1) is 6.42 Å². The van der Waals surface area contributed by atoms with Gasteiger partial charge < -0.3 is 4.74 Å². The monoisotopic (exact) mass is 340 g/mol. The van der Waals surface area contributed by atoms with Crippen molar-refractivity contribution in [1.82, 2.24) is 9.78 Å². The van der Waals surface area contributed by atoms with E-state index in [2.05, 4.69) is 11.0 Å². The van der Waals surface area contributed by atoms with Gasteiger partial charge in [-0.1, -0.05) is 43.0 Å². The Morgan fingerprint density at radius 2 is 2.05 bits per heavy atom. The van der Waals surface area contributed by atoms with E-state index >= 15 is 0 Å². The molecule has 6 heteroatoms. The Morgan fingerprint density at radius 3 is 2.64 bits per heavy atom. The maximum atomic E-state index is 14.3. The van der Waals surface area contributed by atoms with E-state index in [1.807, 2.05) is 13.8 Å². The Morgan fingerprint density at radius 1 is 1.32 bits per heavy atom. The van der Waals surface area contributed by atoms with Gasteiger partial charge in [-0.05, 0) is 18.9 Å². The molecule has 1 aromatic carbocycles. The van der Waals surface area contributed by atoms with Gasteiger partial charge in [0.1, 0.15) is 18.0 Å². The van der Waals surface area contributed by atoms with E-state index < -0.39 is 5.82 Å². The number of aromatic nitrogens is 2. The molecule has 0 bridgehead atoms. The molecule has 0 aliphatic heterocycles. The van der Waals surface area contributed by atoms with Gasteiger partial charge in [0.15, 0.2) is 5.82 Å². The molecule has 0 spiro atoms. The first-order valence-electron chi connectivity index (χ1n) is 6.85. The van der Waals surface area contributed by atoms with E-state index in [0.717, 1.165) is 11.4 Å². The van der Waals surface area contributed by atoms with Crippen LogP contribution in [0.15, 0.2) is 12.1 Å². The van der Waals surface area contributed by atoms with E-state index in [0.29, 0.717) is 23.6 Å². The highest BCUT2D eigenvalue weighted by Gasteiger charge is 2.19. The molecule has 0 saturated heterocycles. The zero-order valence-electron chi connectivity index (χ0n) is 12.3. The summed E-state index contributed by atoms with van der Waals surface area (Å²) in [5.41, 5.74) is 1.69. The zero-order valence-corrected chi connectivity index (χ0v) is 13.8. The predicted octanol–water partition coefficient (Wildman–Crippen LogP) is 4.46. The number of ether oxygens (including phenoxy) is 1. The molecule has 0 aliphatic rings. The largest absolute Gasteiger partial charge is 0.479 e. The first-order chi connectivity index (χ1) is 10.5. The lowest BCUT2D eigenvalue weighted by Crippen LogP contribution is -2.06. The number of terminal acetylenes is 1. The fraction of sp³-hybridized carbons (Fsp3) is 0.312. The number of rotatable bonds is 5. The Kier molecular flexibility index (Phi) is 5.33. The van der Waals surface area contributed by atoms with Crippen LogP contribution in [0.1, 0.15) is 25.2 Å². The highest BCUT2D eigenvalue weighted by molar-refractivity contribution is 6.32. The summed E-state index contributed by atoms with van der Waals surface area (Å²) in [6, 6.07) is 2.67. The highest BCUT2D eigenvalue weighted by atomic mass is 35.5. The van der Waals surface area contributed by atoms with Crippen molar-refractivity contribution in [1.29, 1.82) is 0 Å². The van der Waals surface area contributed by atoms with Gasteiger partial charge >= 0.3 is 0 Å². The molecule has 0 unspecified atom stereocenters. The smallest absolute Gasteiger partial charge is 0.150 e. The second kappa shape index (κ2) is 7.04. The van der Waals surface area contributed by atoms with Crippen LogP contribution in [-0.4, -0.2) is 16.4 Å². The Labute approximate surface area is 139 Å². The van der Waals surface area contributed by atoms with Crippen molar-refractivity contribution in [3.8, 4) is 23.8 Å². The summed E-state index contributed by atoms with van der Waals surface area (Å²) in [4.78, 5) is 0. The van der Waals surface area contributed by atoms with E-state index in [1.165, 1.54) is 16.8 Å². The molecule has 2 aromatic rings. The van der Waals surface area contributed by atoms with Gasteiger partial charge in [0.25, 0.3) is 0 Å². The molecule has 2 rings (SSSR count). The molecule has 0 atom stereocenters. The van der Waals surface area contributed by atoms with Crippen molar-refractivity contribution in [2.24, 2.45) is 0 Å². The summed E-state index contributed by atoms with van der Waals surface area (Å²) in [6.45, 7) is 3.92. The number of halogens is 3. The Hall–Kier alpha value is -1.70. The first-order valence-corrected chi connectivity index (χ1v) is 7.60. The average Bonchev–Trinajstić information content (AvgIpc) is 2.82. The summed E-state index contributed by atoms with van der Waals surface area (Å²) in [5, 5.41) is 5.10. The number of nitrogens with zero attached hydrogens (tertiary/aromatic N) is 2. The standard InChI is InChI=1S/C16H15Cl2FN2O/c1-4-7-22-15-9-14(11(19)8-10(15)17)21-13(6-3)16(18)12(5-2)20-21/h1,8-9H,5-7H2,2-3H3. The molecule has 116 valence electrons. The molecule has 0 aliphatic carbocycles. The lowest BCUT2D eigenvalue weighted by atomic mass is 10.2. The molecule has 0 saturated carbocycles. The molecule has 22 heavy (non-hydrogen) atoms. The normalized spacial score (nSPS) is 10.5. The lowest BCUT2D eigenvalue weighted by molar-refractivity contribution is 0.369. The quantitative estimate of drug-likeness (QED) is 0.751. The van der Waals surface area contributed by atoms with E-state index in [9.17, 15) is 4.39 Å². The van der Waals surface area contributed by atoms with Gasteiger partial charge in [-0.2, -0.15) is 5.10 Å². The van der Waals surface area contributed by atoms with Gasteiger partial charge in [0.2, 0.25) is 0 Å². The van der Waals surface area contributed by atoms with Gasteiger partial charge in [-0.3, -0.25) is 0 Å². The molecule has 1 aromatic heterocycles. The van der Waals surface area contributed by atoms with Crippen molar-refractivity contribution in [2.45, 2.75) is 26.7 Å². The molecule has 0 N–H and O–H groups in total. The minimum atomic E-state index is -0.505. The molecule has 1 heterocycles. The second-order valence-corrected chi connectivity index (χ2v) is 5.34. The van der Waals surface area contributed by atoms with E-state index in [-0.39, 0.29) is 17.3 Å². The minimum absolute atomic E-state index is 0.0471. The van der Waals surface area contributed by atoms with E-state index in [1.54, 1.807) is 0 Å². The van der Waals surface area contributed by atoms with Crippen LogP contribution in [0.3, 0.4) is 0 Å². The summed E-state index contributed by atoms with van der Waals surface area (Å²) < 4.78 is 21.1. The van der Waals surface area contributed by atoms with Crippen LogP contribution in [0.2, 0.25) is 10.0 Å². The van der Waals surface area contributed by atoms with Gasteiger partial charge in [0.05, 0.1) is 21.4 Å². The van der Waals surface area contributed by atoms with Crippen LogP contribution >= 0.6 is 23.2 Å². The molecule has 0 fully saturated rings. The molecule has 3 nitrogen and oxygen atoms in total.